The lowest BCUT2D eigenvalue weighted by atomic mass is 10.1. The van der Waals surface area contributed by atoms with Gasteiger partial charge in [-0.1, -0.05) is 18.2 Å². The molecule has 0 aliphatic heterocycles. The number of aliphatic carboxylic acids is 1. The zero-order valence-electron chi connectivity index (χ0n) is 10.9. The third kappa shape index (κ3) is 4.87. The molecule has 0 aliphatic rings. The fraction of sp³-hybridized carbons (Fsp3) is 0.143. The number of benzene rings is 1. The van der Waals surface area contributed by atoms with Gasteiger partial charge in [-0.2, -0.15) is 0 Å². The summed E-state index contributed by atoms with van der Waals surface area (Å²) in [5.74, 6) is -0.937. The maximum atomic E-state index is 11.9. The van der Waals surface area contributed by atoms with Crippen LogP contribution in [0.4, 0.5) is 10.5 Å². The van der Waals surface area contributed by atoms with Crippen LogP contribution in [0.3, 0.4) is 0 Å². The highest BCUT2D eigenvalue weighted by Crippen LogP contribution is 2.19. The number of hydrogen-bond acceptors (Lipinski definition) is 3. The summed E-state index contributed by atoms with van der Waals surface area (Å²) in [7, 11) is 0. The maximum absolute atomic E-state index is 11.9. The van der Waals surface area contributed by atoms with E-state index >= 15 is 0 Å². The lowest BCUT2D eigenvalue weighted by Crippen LogP contribution is -2.28. The first-order chi connectivity index (χ1) is 10.0. The monoisotopic (exact) mass is 368 g/mol. The molecule has 2 amide bonds. The van der Waals surface area contributed by atoms with E-state index in [2.05, 4.69) is 26.6 Å². The number of carboxylic acid groups (broad SMARTS) is 1. The van der Waals surface area contributed by atoms with Gasteiger partial charge in [0, 0.05) is 20.4 Å². The van der Waals surface area contributed by atoms with E-state index in [1.165, 1.54) is 0 Å². The quantitative estimate of drug-likeness (QED) is 0.755. The van der Waals surface area contributed by atoms with Crippen LogP contribution in [0.2, 0.25) is 0 Å². The summed E-state index contributed by atoms with van der Waals surface area (Å²) >= 11 is 4.89. The van der Waals surface area contributed by atoms with Gasteiger partial charge in [0.15, 0.2) is 0 Å². The number of carbonyl (C=O) groups is 2. The normalized spacial score (nSPS) is 10.1. The maximum Gasteiger partial charge on any atom is 0.319 e. The Hall–Kier alpha value is -1.86. The number of rotatable bonds is 5. The molecule has 0 saturated carbocycles. The fourth-order valence-electron chi connectivity index (χ4n) is 1.74. The van der Waals surface area contributed by atoms with Crippen molar-refractivity contribution < 1.29 is 14.7 Å². The zero-order chi connectivity index (χ0) is 15.2. The van der Waals surface area contributed by atoms with Gasteiger partial charge < -0.3 is 15.7 Å². The van der Waals surface area contributed by atoms with Crippen LogP contribution in [0, 0.1) is 0 Å². The summed E-state index contributed by atoms with van der Waals surface area (Å²) in [6, 6.07) is 8.42. The Bertz CT molecular complexity index is 657. The lowest BCUT2D eigenvalue weighted by Gasteiger charge is -2.10. The van der Waals surface area contributed by atoms with Crippen molar-refractivity contribution in [2.75, 3.05) is 5.32 Å². The van der Waals surface area contributed by atoms with Gasteiger partial charge in [-0.25, -0.2) is 4.79 Å². The number of nitrogens with one attached hydrogen (secondary N) is 2. The van der Waals surface area contributed by atoms with Gasteiger partial charge >= 0.3 is 12.0 Å². The molecule has 0 bridgehead atoms. The van der Waals surface area contributed by atoms with Crippen LogP contribution in [0.5, 0.6) is 0 Å². The van der Waals surface area contributed by atoms with Crippen LogP contribution in [-0.4, -0.2) is 17.1 Å². The molecule has 1 aromatic carbocycles. The van der Waals surface area contributed by atoms with E-state index in [-0.39, 0.29) is 12.5 Å². The number of hydrogen-bond donors (Lipinski definition) is 3. The Morgan fingerprint density at radius 1 is 1.29 bits per heavy atom. The number of para-hydroxylation sites is 1. The average Bonchev–Trinajstić information content (AvgIpc) is 2.84. The number of carboxylic acids is 1. The Morgan fingerprint density at radius 2 is 2.05 bits per heavy atom. The summed E-state index contributed by atoms with van der Waals surface area (Å²) in [6.07, 6.45) is -0.131. The highest BCUT2D eigenvalue weighted by Gasteiger charge is 2.09. The Balaban J connectivity index is 1.94. The first kappa shape index (κ1) is 15.5. The predicted molar refractivity (Wildman–Crippen MR) is 85.7 cm³/mol. The SMILES string of the molecule is O=C(O)Cc1ccccc1NC(=O)NCc1cc(Br)cs1. The van der Waals surface area contributed by atoms with Crippen molar-refractivity contribution in [3.05, 3.63) is 50.6 Å². The minimum Gasteiger partial charge on any atom is -0.481 e. The number of anilines is 1. The molecule has 110 valence electrons. The Kier molecular flexibility index (Phi) is 5.35. The summed E-state index contributed by atoms with van der Waals surface area (Å²) in [4.78, 5) is 23.7. The summed E-state index contributed by atoms with van der Waals surface area (Å²) in [6.45, 7) is 0.420. The molecule has 1 heterocycles. The zero-order valence-corrected chi connectivity index (χ0v) is 13.3. The predicted octanol–water partition coefficient (Wildman–Crippen LogP) is 3.46. The number of urea groups is 1. The number of amides is 2. The summed E-state index contributed by atoms with van der Waals surface area (Å²) in [5.41, 5.74) is 1.07. The average molecular weight is 369 g/mol. The number of carbonyl (C=O) groups excluding carboxylic acids is 1. The van der Waals surface area contributed by atoms with Gasteiger partial charge in [0.2, 0.25) is 0 Å². The molecular formula is C14H13BrN2O3S. The van der Waals surface area contributed by atoms with E-state index in [4.69, 9.17) is 5.11 Å². The minimum absolute atomic E-state index is 0.131. The van der Waals surface area contributed by atoms with Gasteiger partial charge in [-0.15, -0.1) is 11.3 Å². The molecule has 0 atom stereocenters. The topological polar surface area (TPSA) is 78.4 Å². The molecule has 2 rings (SSSR count). The fourth-order valence-corrected chi connectivity index (χ4v) is 3.13. The number of halogens is 1. The first-order valence-corrected chi connectivity index (χ1v) is 7.79. The van der Waals surface area contributed by atoms with Crippen molar-refractivity contribution in [3.63, 3.8) is 0 Å². The van der Waals surface area contributed by atoms with Crippen molar-refractivity contribution in [3.8, 4) is 0 Å². The van der Waals surface area contributed by atoms with Crippen LogP contribution in [0.25, 0.3) is 0 Å². The van der Waals surface area contributed by atoms with E-state index < -0.39 is 5.97 Å². The van der Waals surface area contributed by atoms with Gasteiger partial charge in [0.1, 0.15) is 0 Å². The first-order valence-electron chi connectivity index (χ1n) is 6.12. The largest absolute Gasteiger partial charge is 0.481 e. The van der Waals surface area contributed by atoms with E-state index in [0.717, 1.165) is 9.35 Å². The third-order valence-corrected chi connectivity index (χ3v) is 4.35. The molecule has 7 heteroatoms. The second-order valence-corrected chi connectivity index (χ2v) is 6.18. The molecule has 3 N–H and O–H groups in total. The van der Waals surface area contributed by atoms with Gasteiger partial charge in [-0.05, 0) is 33.6 Å². The van der Waals surface area contributed by atoms with Gasteiger partial charge in [0.05, 0.1) is 13.0 Å². The highest BCUT2D eigenvalue weighted by molar-refractivity contribution is 9.10. The molecule has 21 heavy (non-hydrogen) atoms. The van der Waals surface area contributed by atoms with Crippen molar-refractivity contribution in [1.82, 2.24) is 5.32 Å². The summed E-state index contributed by atoms with van der Waals surface area (Å²) in [5, 5.41) is 16.2. The molecule has 5 nitrogen and oxygen atoms in total. The van der Waals surface area contributed by atoms with Crippen LogP contribution in [-0.2, 0) is 17.8 Å². The Labute approximate surface area is 134 Å². The van der Waals surface area contributed by atoms with E-state index in [1.54, 1.807) is 35.6 Å². The molecule has 0 saturated heterocycles. The molecule has 0 spiro atoms. The molecule has 0 unspecified atom stereocenters. The molecule has 0 fully saturated rings. The van der Waals surface area contributed by atoms with Gasteiger partial charge in [0.25, 0.3) is 0 Å². The lowest BCUT2D eigenvalue weighted by molar-refractivity contribution is -0.136. The van der Waals surface area contributed by atoms with Crippen LogP contribution >= 0.6 is 27.3 Å². The van der Waals surface area contributed by atoms with Crippen molar-refractivity contribution >= 4 is 45.0 Å². The highest BCUT2D eigenvalue weighted by atomic mass is 79.9. The standard InChI is InChI=1S/C14H13BrN2O3S/c15-10-6-11(21-8-10)7-16-14(20)17-12-4-2-1-3-9(12)5-13(18)19/h1-4,6,8H,5,7H2,(H,18,19)(H2,16,17,20). The van der Waals surface area contributed by atoms with Crippen LogP contribution in [0.1, 0.15) is 10.4 Å². The molecule has 0 radical (unpaired) electrons. The van der Waals surface area contributed by atoms with E-state index in [9.17, 15) is 9.59 Å². The molecule has 0 aliphatic carbocycles. The van der Waals surface area contributed by atoms with Gasteiger partial charge in [-0.3, -0.25) is 4.79 Å². The van der Waals surface area contributed by atoms with Crippen LogP contribution in [0.15, 0.2) is 40.2 Å². The molecular weight excluding hydrogens is 356 g/mol. The second-order valence-electron chi connectivity index (χ2n) is 4.27. The Morgan fingerprint density at radius 3 is 2.71 bits per heavy atom. The smallest absolute Gasteiger partial charge is 0.319 e. The van der Waals surface area contributed by atoms with Crippen molar-refractivity contribution in [2.24, 2.45) is 0 Å². The van der Waals surface area contributed by atoms with E-state index in [0.29, 0.717) is 17.8 Å². The molecule has 1 aromatic heterocycles. The van der Waals surface area contributed by atoms with E-state index in [1.807, 2.05) is 11.4 Å². The second kappa shape index (κ2) is 7.24. The summed E-state index contributed by atoms with van der Waals surface area (Å²) < 4.78 is 0.983. The third-order valence-electron chi connectivity index (χ3n) is 2.65. The minimum atomic E-state index is -0.937. The molecule has 2 aromatic rings. The van der Waals surface area contributed by atoms with Crippen molar-refractivity contribution in [1.29, 1.82) is 0 Å². The van der Waals surface area contributed by atoms with Crippen LogP contribution < -0.4 is 10.6 Å². The number of thiophene rings is 1. The van der Waals surface area contributed by atoms with Crippen molar-refractivity contribution in [2.45, 2.75) is 13.0 Å².